The molecule has 0 saturated carbocycles. The van der Waals surface area contributed by atoms with Crippen molar-refractivity contribution in [2.75, 3.05) is 24.6 Å². The molecule has 1 fully saturated rings. The van der Waals surface area contributed by atoms with E-state index < -0.39 is 0 Å². The maximum absolute atomic E-state index is 8.65. The Kier molecular flexibility index (Phi) is 3.52. The number of rotatable bonds is 2. The summed E-state index contributed by atoms with van der Waals surface area (Å²) < 4.78 is 5.57. The van der Waals surface area contributed by atoms with Crippen LogP contribution in [0.5, 0.6) is 0 Å². The molecule has 0 aromatic carbocycles. The number of hydrogen-bond donors (Lipinski definition) is 1. The summed E-state index contributed by atoms with van der Waals surface area (Å²) >= 11 is 0. The molecule has 1 aromatic heterocycles. The highest BCUT2D eigenvalue weighted by atomic mass is 16.5. The molecule has 0 spiro atoms. The van der Waals surface area contributed by atoms with Gasteiger partial charge in [-0.05, 0) is 6.92 Å². The smallest absolute Gasteiger partial charge is 0.158 e. The summed E-state index contributed by atoms with van der Waals surface area (Å²) in [6.07, 6.45) is 3.11. The van der Waals surface area contributed by atoms with E-state index in [-0.39, 0.29) is 12.1 Å². The maximum Gasteiger partial charge on any atom is 0.158 e. The predicted octanol–water partition coefficient (Wildman–Crippen LogP) is -0.0993. The number of hydrogen-bond acceptors (Lipinski definition) is 6. The zero-order valence-electron chi connectivity index (χ0n) is 9.71. The van der Waals surface area contributed by atoms with Crippen molar-refractivity contribution in [1.82, 2.24) is 9.97 Å². The second kappa shape index (κ2) is 5.08. The minimum absolute atomic E-state index is 0.0101. The van der Waals surface area contributed by atoms with Gasteiger partial charge in [0.05, 0.1) is 25.1 Å². The summed E-state index contributed by atoms with van der Waals surface area (Å²) in [5, 5.41) is 8.65. The van der Waals surface area contributed by atoms with Crippen molar-refractivity contribution < 1.29 is 4.74 Å². The average Bonchev–Trinajstić information content (AvgIpc) is 2.39. The van der Waals surface area contributed by atoms with Gasteiger partial charge < -0.3 is 15.4 Å². The first-order valence-corrected chi connectivity index (χ1v) is 5.55. The lowest BCUT2D eigenvalue weighted by Gasteiger charge is -2.35. The van der Waals surface area contributed by atoms with Crippen LogP contribution in [-0.4, -0.2) is 41.8 Å². The first-order chi connectivity index (χ1) is 8.20. The molecule has 2 atom stereocenters. The first-order valence-electron chi connectivity index (χ1n) is 5.55. The molecule has 1 aliphatic heterocycles. The molecule has 6 nitrogen and oxygen atoms in total. The summed E-state index contributed by atoms with van der Waals surface area (Å²) in [5.41, 5.74) is 6.15. The van der Waals surface area contributed by atoms with Gasteiger partial charge in [0.2, 0.25) is 0 Å². The Balaban J connectivity index is 2.08. The lowest BCUT2D eigenvalue weighted by atomic mass is 10.1. The number of anilines is 1. The second-order valence-electron chi connectivity index (χ2n) is 4.09. The molecule has 2 unspecified atom stereocenters. The highest BCUT2D eigenvalue weighted by Crippen LogP contribution is 2.15. The highest BCUT2D eigenvalue weighted by Gasteiger charge is 2.24. The van der Waals surface area contributed by atoms with Crippen molar-refractivity contribution in [3.05, 3.63) is 18.1 Å². The van der Waals surface area contributed by atoms with E-state index in [1.807, 2.05) is 13.0 Å². The molecular weight excluding hydrogens is 218 g/mol. The van der Waals surface area contributed by atoms with Crippen LogP contribution in [0.3, 0.4) is 0 Å². The van der Waals surface area contributed by atoms with Gasteiger partial charge in [-0.3, -0.25) is 0 Å². The molecule has 1 aliphatic rings. The Labute approximate surface area is 100 Å². The molecule has 1 aromatic rings. The monoisotopic (exact) mass is 233 g/mol. The van der Waals surface area contributed by atoms with Crippen LogP contribution in [0.1, 0.15) is 12.6 Å². The Hall–Kier alpha value is -1.71. The first kappa shape index (κ1) is 11.8. The van der Waals surface area contributed by atoms with Crippen molar-refractivity contribution in [2.24, 2.45) is 5.73 Å². The van der Waals surface area contributed by atoms with E-state index in [2.05, 4.69) is 14.9 Å². The summed E-state index contributed by atoms with van der Waals surface area (Å²) in [4.78, 5) is 10.3. The molecule has 0 radical (unpaired) electrons. The fraction of sp³-hybridized carbons (Fsp3) is 0.545. The summed E-state index contributed by atoms with van der Waals surface area (Å²) in [5.74, 6) is 0.762. The van der Waals surface area contributed by atoms with Gasteiger partial charge in [0.25, 0.3) is 0 Å². The van der Waals surface area contributed by atoms with E-state index in [0.717, 1.165) is 12.4 Å². The molecule has 1 saturated heterocycles. The largest absolute Gasteiger partial charge is 0.373 e. The topological polar surface area (TPSA) is 88.1 Å². The molecule has 2 heterocycles. The van der Waals surface area contributed by atoms with Gasteiger partial charge in [-0.2, -0.15) is 5.26 Å². The zero-order chi connectivity index (χ0) is 12.3. The van der Waals surface area contributed by atoms with Crippen LogP contribution in [-0.2, 0) is 4.74 Å². The van der Waals surface area contributed by atoms with E-state index >= 15 is 0 Å². The van der Waals surface area contributed by atoms with Crippen molar-refractivity contribution in [2.45, 2.75) is 19.1 Å². The summed E-state index contributed by atoms with van der Waals surface area (Å²) in [6, 6.07) is 1.94. The fourth-order valence-corrected chi connectivity index (χ4v) is 1.74. The average molecular weight is 233 g/mol. The second-order valence-corrected chi connectivity index (χ2v) is 4.09. The predicted molar refractivity (Wildman–Crippen MR) is 62.3 cm³/mol. The number of ether oxygens (including phenoxy) is 1. The minimum atomic E-state index is -0.0101. The van der Waals surface area contributed by atoms with Crippen molar-refractivity contribution in [3.63, 3.8) is 0 Å². The highest BCUT2D eigenvalue weighted by molar-refractivity contribution is 5.37. The Bertz CT molecular complexity index is 411. The van der Waals surface area contributed by atoms with Crippen molar-refractivity contribution in [1.29, 1.82) is 5.26 Å². The van der Waals surface area contributed by atoms with Gasteiger partial charge in [0.15, 0.2) is 5.69 Å². The van der Waals surface area contributed by atoms with Gasteiger partial charge in [-0.15, -0.1) is 0 Å². The molecule has 0 amide bonds. The SMILES string of the molecule is CC(N)C1CN(c2cnc(C#N)cn2)CCO1. The van der Waals surface area contributed by atoms with Gasteiger partial charge in [0, 0.05) is 19.1 Å². The number of aromatic nitrogens is 2. The van der Waals surface area contributed by atoms with E-state index in [9.17, 15) is 0 Å². The Morgan fingerprint density at radius 2 is 2.41 bits per heavy atom. The number of morpholine rings is 1. The molecule has 0 bridgehead atoms. The van der Waals surface area contributed by atoms with Gasteiger partial charge in [-0.1, -0.05) is 0 Å². The minimum Gasteiger partial charge on any atom is -0.373 e. The third-order valence-electron chi connectivity index (χ3n) is 2.76. The molecule has 2 rings (SSSR count). The van der Waals surface area contributed by atoms with Crippen LogP contribution < -0.4 is 10.6 Å². The standard InChI is InChI=1S/C11H15N5O/c1-8(13)10-7-16(2-3-17-10)11-6-14-9(4-12)5-15-11/h5-6,8,10H,2-3,7,13H2,1H3. The number of nitrogens with zero attached hydrogens (tertiary/aromatic N) is 4. The summed E-state index contributed by atoms with van der Waals surface area (Å²) in [6.45, 7) is 4.04. The lowest BCUT2D eigenvalue weighted by molar-refractivity contribution is 0.0273. The van der Waals surface area contributed by atoms with Crippen LogP contribution in [0, 0.1) is 11.3 Å². The van der Waals surface area contributed by atoms with Crippen LogP contribution in [0.25, 0.3) is 0 Å². The van der Waals surface area contributed by atoms with Crippen LogP contribution in [0.15, 0.2) is 12.4 Å². The quantitative estimate of drug-likeness (QED) is 0.767. The van der Waals surface area contributed by atoms with E-state index in [4.69, 9.17) is 15.7 Å². The molecule has 6 heteroatoms. The van der Waals surface area contributed by atoms with Crippen LogP contribution >= 0.6 is 0 Å². The molecule has 17 heavy (non-hydrogen) atoms. The molecular formula is C11H15N5O. The van der Waals surface area contributed by atoms with E-state index in [0.29, 0.717) is 18.8 Å². The third-order valence-corrected chi connectivity index (χ3v) is 2.76. The van der Waals surface area contributed by atoms with Gasteiger partial charge in [0.1, 0.15) is 11.9 Å². The van der Waals surface area contributed by atoms with E-state index in [1.54, 1.807) is 6.20 Å². The third kappa shape index (κ3) is 2.70. The van der Waals surface area contributed by atoms with Crippen LogP contribution in [0.2, 0.25) is 0 Å². The number of nitrogens with two attached hydrogens (primary N) is 1. The molecule has 0 aliphatic carbocycles. The lowest BCUT2D eigenvalue weighted by Crippen LogP contribution is -2.49. The van der Waals surface area contributed by atoms with Gasteiger partial charge in [-0.25, -0.2) is 9.97 Å². The Morgan fingerprint density at radius 1 is 1.59 bits per heavy atom. The fourth-order valence-electron chi connectivity index (χ4n) is 1.74. The maximum atomic E-state index is 8.65. The zero-order valence-corrected chi connectivity index (χ0v) is 9.71. The normalized spacial score (nSPS) is 21.9. The van der Waals surface area contributed by atoms with Crippen molar-refractivity contribution in [3.8, 4) is 6.07 Å². The Morgan fingerprint density at radius 3 is 3.00 bits per heavy atom. The number of nitriles is 1. The summed E-state index contributed by atoms with van der Waals surface area (Å²) in [7, 11) is 0. The van der Waals surface area contributed by atoms with Crippen molar-refractivity contribution >= 4 is 5.82 Å². The van der Waals surface area contributed by atoms with E-state index in [1.165, 1.54) is 6.20 Å². The molecule has 2 N–H and O–H groups in total. The van der Waals surface area contributed by atoms with Crippen LogP contribution in [0.4, 0.5) is 5.82 Å². The van der Waals surface area contributed by atoms with Gasteiger partial charge >= 0.3 is 0 Å². The molecule has 90 valence electrons.